The molecule has 1 N–H and O–H groups in total. The summed E-state index contributed by atoms with van der Waals surface area (Å²) in [6.45, 7) is 1.88. The van der Waals surface area contributed by atoms with Crippen molar-refractivity contribution < 1.29 is 9.53 Å². The third-order valence-corrected chi connectivity index (χ3v) is 6.45. The number of piperidine rings is 1. The minimum atomic E-state index is 0.00124. The topological polar surface area (TPSA) is 84.0 Å². The lowest BCUT2D eigenvalue weighted by Gasteiger charge is -2.31. The van der Waals surface area contributed by atoms with E-state index in [1.165, 1.54) is 43.4 Å². The van der Waals surface area contributed by atoms with Crippen molar-refractivity contribution in [1.82, 2.24) is 25.1 Å². The van der Waals surface area contributed by atoms with E-state index in [-0.39, 0.29) is 11.8 Å². The normalized spacial score (nSPS) is 21.5. The first-order chi connectivity index (χ1) is 13.2. The van der Waals surface area contributed by atoms with Gasteiger partial charge >= 0.3 is 0 Å². The molecule has 1 unspecified atom stereocenters. The Bertz CT molecular complexity index is 768. The highest BCUT2D eigenvalue weighted by molar-refractivity contribution is 7.09. The maximum absolute atomic E-state index is 12.8. The molecule has 2 aromatic heterocycles. The van der Waals surface area contributed by atoms with E-state index >= 15 is 0 Å². The maximum atomic E-state index is 12.8. The van der Waals surface area contributed by atoms with Gasteiger partial charge in [-0.05, 0) is 25.7 Å². The number of aromatic amines is 1. The second-order valence-corrected chi connectivity index (χ2v) is 8.51. The van der Waals surface area contributed by atoms with E-state index in [2.05, 4.69) is 15.2 Å². The zero-order valence-electron chi connectivity index (χ0n) is 15.8. The molecule has 1 atom stereocenters. The summed E-state index contributed by atoms with van der Waals surface area (Å²) in [5, 5.41) is 10.3. The van der Waals surface area contributed by atoms with E-state index in [1.807, 2.05) is 10.3 Å². The summed E-state index contributed by atoms with van der Waals surface area (Å²) in [5.74, 6) is 2.63. The summed E-state index contributed by atoms with van der Waals surface area (Å²) in [5.41, 5.74) is 0.519. The van der Waals surface area contributed by atoms with E-state index in [0.29, 0.717) is 24.8 Å². The number of thiazole rings is 1. The van der Waals surface area contributed by atoms with Gasteiger partial charge in [-0.25, -0.2) is 9.97 Å². The second kappa shape index (κ2) is 8.48. The van der Waals surface area contributed by atoms with Gasteiger partial charge in [0.1, 0.15) is 16.5 Å². The minimum absolute atomic E-state index is 0.00124. The molecular weight excluding hydrogens is 362 g/mol. The lowest BCUT2D eigenvalue weighted by molar-refractivity contribution is 0.0699. The number of rotatable bonds is 5. The molecule has 1 saturated heterocycles. The third-order valence-electron chi connectivity index (χ3n) is 5.62. The van der Waals surface area contributed by atoms with Crippen LogP contribution in [0.4, 0.5) is 0 Å². The largest absolute Gasteiger partial charge is 0.378 e. The summed E-state index contributed by atoms with van der Waals surface area (Å²) in [7, 11) is 1.64. The van der Waals surface area contributed by atoms with Crippen LogP contribution in [0.1, 0.15) is 83.9 Å². The number of aromatic nitrogens is 4. The van der Waals surface area contributed by atoms with Gasteiger partial charge in [0.15, 0.2) is 5.82 Å². The molecule has 2 fully saturated rings. The molecule has 7 nitrogen and oxygen atoms in total. The Morgan fingerprint density at radius 1 is 1.22 bits per heavy atom. The zero-order chi connectivity index (χ0) is 18.6. The highest BCUT2D eigenvalue weighted by atomic mass is 32.1. The molecule has 0 aromatic carbocycles. The predicted molar refractivity (Wildman–Crippen MR) is 103 cm³/mol. The van der Waals surface area contributed by atoms with Crippen LogP contribution in [0.2, 0.25) is 0 Å². The van der Waals surface area contributed by atoms with Crippen molar-refractivity contribution >= 4 is 17.2 Å². The molecule has 0 radical (unpaired) electrons. The van der Waals surface area contributed by atoms with Crippen molar-refractivity contribution in [2.45, 2.75) is 63.4 Å². The van der Waals surface area contributed by atoms with Crippen LogP contribution in [0, 0.1) is 0 Å². The quantitative estimate of drug-likeness (QED) is 0.846. The number of carbonyl (C=O) groups excluding carboxylic acids is 1. The molecule has 3 heterocycles. The molecule has 2 aromatic rings. The first-order valence-corrected chi connectivity index (χ1v) is 10.8. The van der Waals surface area contributed by atoms with Crippen molar-refractivity contribution in [2.24, 2.45) is 0 Å². The Hall–Kier alpha value is -1.80. The summed E-state index contributed by atoms with van der Waals surface area (Å²) in [4.78, 5) is 23.9. The highest BCUT2D eigenvalue weighted by Gasteiger charge is 2.30. The lowest BCUT2D eigenvalue weighted by Crippen LogP contribution is -2.39. The van der Waals surface area contributed by atoms with Gasteiger partial charge in [-0.15, -0.1) is 11.3 Å². The molecule has 1 aliphatic heterocycles. The second-order valence-electron chi connectivity index (χ2n) is 7.56. The van der Waals surface area contributed by atoms with E-state index in [0.717, 1.165) is 36.0 Å². The molecule has 146 valence electrons. The summed E-state index contributed by atoms with van der Waals surface area (Å²) in [6, 6.07) is 0. The van der Waals surface area contributed by atoms with Crippen molar-refractivity contribution in [3.05, 3.63) is 27.7 Å². The van der Waals surface area contributed by atoms with Gasteiger partial charge in [-0.1, -0.05) is 19.3 Å². The summed E-state index contributed by atoms with van der Waals surface area (Å²) in [6.07, 6.45) is 8.31. The average Bonchev–Trinajstić information content (AvgIpc) is 3.39. The fourth-order valence-electron chi connectivity index (χ4n) is 4.16. The van der Waals surface area contributed by atoms with Gasteiger partial charge in [0.05, 0.1) is 6.61 Å². The van der Waals surface area contributed by atoms with Crippen LogP contribution in [0.25, 0.3) is 0 Å². The number of amides is 1. The Labute approximate surface area is 163 Å². The van der Waals surface area contributed by atoms with Gasteiger partial charge in [-0.3, -0.25) is 9.89 Å². The van der Waals surface area contributed by atoms with E-state index in [9.17, 15) is 4.79 Å². The molecule has 0 bridgehead atoms. The fraction of sp³-hybridized carbons (Fsp3) is 0.684. The van der Waals surface area contributed by atoms with E-state index in [1.54, 1.807) is 7.11 Å². The summed E-state index contributed by atoms with van der Waals surface area (Å²) >= 11 is 1.47. The van der Waals surface area contributed by atoms with Crippen LogP contribution >= 0.6 is 11.3 Å². The number of hydrogen-bond donors (Lipinski definition) is 1. The van der Waals surface area contributed by atoms with Gasteiger partial charge in [0.25, 0.3) is 5.91 Å². The number of likely N-dealkylation sites (tertiary alicyclic amines) is 1. The van der Waals surface area contributed by atoms with Gasteiger partial charge < -0.3 is 9.64 Å². The van der Waals surface area contributed by atoms with Crippen LogP contribution in [-0.4, -0.2) is 51.2 Å². The third kappa shape index (κ3) is 4.21. The van der Waals surface area contributed by atoms with Crippen molar-refractivity contribution in [3.63, 3.8) is 0 Å². The van der Waals surface area contributed by atoms with Gasteiger partial charge in [0, 0.05) is 37.4 Å². The van der Waals surface area contributed by atoms with Crippen LogP contribution in [-0.2, 0) is 11.3 Å². The highest BCUT2D eigenvalue weighted by Crippen LogP contribution is 2.32. The van der Waals surface area contributed by atoms with Crippen LogP contribution in [0.15, 0.2) is 5.38 Å². The Kier molecular flexibility index (Phi) is 5.83. The number of carbonyl (C=O) groups is 1. The Balaban J connectivity index is 1.41. The van der Waals surface area contributed by atoms with Crippen molar-refractivity contribution in [1.29, 1.82) is 0 Å². The molecule has 2 aliphatic rings. The number of nitrogens with one attached hydrogen (secondary N) is 1. The standard InChI is InChI=1S/C19H27N5O2S/c1-26-11-16-20-15(12-27-16)19(25)24-9-5-8-14(10-24)18-21-17(22-23-18)13-6-3-2-4-7-13/h12-14H,2-11H2,1H3,(H,21,22,23). The van der Waals surface area contributed by atoms with Gasteiger partial charge in [0.2, 0.25) is 0 Å². The van der Waals surface area contributed by atoms with Crippen molar-refractivity contribution in [2.75, 3.05) is 20.2 Å². The minimum Gasteiger partial charge on any atom is -0.378 e. The predicted octanol–water partition coefficient (Wildman–Crippen LogP) is 3.48. The van der Waals surface area contributed by atoms with Crippen LogP contribution < -0.4 is 0 Å². The SMILES string of the molecule is COCc1nc(C(=O)N2CCCC(c3n[nH]c(C4CCCCC4)n3)C2)cs1. The Morgan fingerprint density at radius 3 is 2.85 bits per heavy atom. The van der Waals surface area contributed by atoms with Crippen molar-refractivity contribution in [3.8, 4) is 0 Å². The lowest BCUT2D eigenvalue weighted by atomic mass is 9.89. The number of nitrogens with zero attached hydrogens (tertiary/aromatic N) is 4. The molecule has 8 heteroatoms. The zero-order valence-corrected chi connectivity index (χ0v) is 16.6. The molecule has 0 spiro atoms. The first kappa shape index (κ1) is 18.6. The van der Waals surface area contributed by atoms with E-state index < -0.39 is 0 Å². The number of ether oxygens (including phenoxy) is 1. The molecule has 1 saturated carbocycles. The maximum Gasteiger partial charge on any atom is 0.273 e. The molecule has 1 amide bonds. The van der Waals surface area contributed by atoms with E-state index in [4.69, 9.17) is 9.72 Å². The number of H-pyrrole nitrogens is 1. The van der Waals surface area contributed by atoms with Gasteiger partial charge in [-0.2, -0.15) is 5.10 Å². The Morgan fingerprint density at radius 2 is 2.04 bits per heavy atom. The molecule has 27 heavy (non-hydrogen) atoms. The molecule has 4 rings (SSSR count). The number of hydrogen-bond acceptors (Lipinski definition) is 6. The summed E-state index contributed by atoms with van der Waals surface area (Å²) < 4.78 is 5.10. The fourth-order valence-corrected chi connectivity index (χ4v) is 4.90. The smallest absolute Gasteiger partial charge is 0.273 e. The van der Waals surface area contributed by atoms with Crippen LogP contribution in [0.5, 0.6) is 0 Å². The van der Waals surface area contributed by atoms with Crippen LogP contribution in [0.3, 0.4) is 0 Å². The average molecular weight is 390 g/mol. The molecular formula is C19H27N5O2S. The molecule has 1 aliphatic carbocycles. The monoisotopic (exact) mass is 389 g/mol. The first-order valence-electron chi connectivity index (χ1n) is 9.89. The number of methoxy groups -OCH3 is 1.